The number of aromatic nitrogens is 3. The molecule has 32 heavy (non-hydrogen) atoms. The summed E-state index contributed by atoms with van der Waals surface area (Å²) < 4.78 is 5.52. The van der Waals surface area contributed by atoms with Gasteiger partial charge in [0.1, 0.15) is 23.7 Å². The van der Waals surface area contributed by atoms with Crippen molar-refractivity contribution in [2.24, 2.45) is 5.73 Å². The van der Waals surface area contributed by atoms with Gasteiger partial charge < -0.3 is 26.4 Å². The molecule has 0 radical (unpaired) electrons. The van der Waals surface area contributed by atoms with E-state index < -0.39 is 0 Å². The summed E-state index contributed by atoms with van der Waals surface area (Å²) in [5.74, 6) is 1.29. The highest BCUT2D eigenvalue weighted by Crippen LogP contribution is 2.20. The van der Waals surface area contributed by atoms with E-state index in [0.717, 1.165) is 12.8 Å². The average molecular weight is 436 g/mol. The summed E-state index contributed by atoms with van der Waals surface area (Å²) in [6.45, 7) is 4.23. The van der Waals surface area contributed by atoms with E-state index in [0.29, 0.717) is 55.0 Å². The van der Waals surface area contributed by atoms with E-state index in [9.17, 15) is 4.79 Å². The number of rotatable bonds is 12. The van der Waals surface area contributed by atoms with Crippen molar-refractivity contribution in [2.75, 3.05) is 42.2 Å². The maximum Gasteiger partial charge on any atom is 0.260 e. The molecule has 1 aromatic carbocycles. The number of amides is 1. The second kappa shape index (κ2) is 12.2. The van der Waals surface area contributed by atoms with E-state index in [1.54, 1.807) is 24.5 Å². The lowest BCUT2D eigenvalue weighted by molar-refractivity contribution is 0.102. The summed E-state index contributed by atoms with van der Waals surface area (Å²) in [4.78, 5) is 25.8. The van der Waals surface area contributed by atoms with Crippen molar-refractivity contribution in [3.05, 3.63) is 66.1 Å². The lowest BCUT2D eigenvalue weighted by Gasteiger charge is -2.13. The van der Waals surface area contributed by atoms with Crippen molar-refractivity contribution in [1.29, 1.82) is 0 Å². The Morgan fingerprint density at radius 3 is 2.75 bits per heavy atom. The fourth-order valence-electron chi connectivity index (χ4n) is 2.92. The number of ether oxygens (including phenoxy) is 1. The molecule has 0 bridgehead atoms. The molecule has 3 rings (SSSR count). The van der Waals surface area contributed by atoms with Crippen LogP contribution in [0.25, 0.3) is 0 Å². The van der Waals surface area contributed by atoms with Gasteiger partial charge in [-0.05, 0) is 42.7 Å². The molecule has 3 aromatic rings. The largest absolute Gasteiger partial charge is 0.492 e. The Hall–Kier alpha value is -3.72. The fraction of sp³-hybridized carbons (Fsp3) is 0.304. The monoisotopic (exact) mass is 435 g/mol. The summed E-state index contributed by atoms with van der Waals surface area (Å²) >= 11 is 0. The Morgan fingerprint density at radius 1 is 1.12 bits per heavy atom. The van der Waals surface area contributed by atoms with Crippen LogP contribution in [0.4, 0.5) is 17.5 Å². The number of benzene rings is 1. The van der Waals surface area contributed by atoms with Gasteiger partial charge >= 0.3 is 0 Å². The Balaban J connectivity index is 1.68. The van der Waals surface area contributed by atoms with Gasteiger partial charge in [-0.2, -0.15) is 4.98 Å². The van der Waals surface area contributed by atoms with E-state index in [4.69, 9.17) is 10.5 Å². The SMILES string of the molecule is CCCNc1nc(NCCc2ccncc2)ncc1C(=O)Nc1cccc(OCCN)c1. The first-order valence-electron chi connectivity index (χ1n) is 10.7. The minimum absolute atomic E-state index is 0.303. The first-order chi connectivity index (χ1) is 15.7. The lowest BCUT2D eigenvalue weighted by Crippen LogP contribution is -2.18. The van der Waals surface area contributed by atoms with Gasteiger partial charge in [-0.1, -0.05) is 13.0 Å². The predicted octanol–water partition coefficient (Wildman–Crippen LogP) is 2.94. The van der Waals surface area contributed by atoms with Crippen molar-refractivity contribution < 1.29 is 9.53 Å². The number of carbonyl (C=O) groups is 1. The number of anilines is 3. The molecule has 0 aliphatic rings. The quantitative estimate of drug-likeness (QED) is 0.342. The van der Waals surface area contributed by atoms with Gasteiger partial charge in [-0.15, -0.1) is 0 Å². The molecule has 0 saturated heterocycles. The summed E-state index contributed by atoms with van der Waals surface area (Å²) in [6, 6.07) is 11.1. The Labute approximate surface area is 187 Å². The van der Waals surface area contributed by atoms with Gasteiger partial charge in [0.25, 0.3) is 5.91 Å². The molecule has 2 aromatic heterocycles. The van der Waals surface area contributed by atoms with Crippen molar-refractivity contribution in [2.45, 2.75) is 19.8 Å². The fourth-order valence-corrected chi connectivity index (χ4v) is 2.92. The second-order valence-electron chi connectivity index (χ2n) is 7.03. The topological polar surface area (TPSA) is 127 Å². The molecule has 0 atom stereocenters. The number of pyridine rings is 1. The molecule has 0 fully saturated rings. The van der Waals surface area contributed by atoms with Gasteiger partial charge in [0.15, 0.2) is 0 Å². The molecule has 168 valence electrons. The predicted molar refractivity (Wildman–Crippen MR) is 126 cm³/mol. The zero-order valence-electron chi connectivity index (χ0n) is 18.2. The van der Waals surface area contributed by atoms with Crippen LogP contribution in [-0.2, 0) is 6.42 Å². The van der Waals surface area contributed by atoms with Crippen molar-refractivity contribution >= 4 is 23.4 Å². The maximum atomic E-state index is 12.9. The molecule has 9 heteroatoms. The normalized spacial score (nSPS) is 10.4. The molecule has 9 nitrogen and oxygen atoms in total. The molecule has 0 unspecified atom stereocenters. The first kappa shape index (κ1) is 23.0. The van der Waals surface area contributed by atoms with Crippen molar-refractivity contribution in [3.8, 4) is 5.75 Å². The highest BCUT2D eigenvalue weighted by atomic mass is 16.5. The van der Waals surface area contributed by atoms with E-state index in [-0.39, 0.29) is 5.91 Å². The Bertz CT molecular complexity index is 999. The maximum absolute atomic E-state index is 12.9. The van der Waals surface area contributed by atoms with Crippen LogP contribution in [0.5, 0.6) is 5.75 Å². The highest BCUT2D eigenvalue weighted by Gasteiger charge is 2.15. The van der Waals surface area contributed by atoms with Crippen LogP contribution >= 0.6 is 0 Å². The van der Waals surface area contributed by atoms with Crippen LogP contribution in [0.1, 0.15) is 29.3 Å². The van der Waals surface area contributed by atoms with Gasteiger partial charge in [0.2, 0.25) is 5.95 Å². The van der Waals surface area contributed by atoms with Crippen LogP contribution in [0, 0.1) is 0 Å². The smallest absolute Gasteiger partial charge is 0.260 e. The Kier molecular flexibility index (Phi) is 8.76. The van der Waals surface area contributed by atoms with Crippen LogP contribution < -0.4 is 26.4 Å². The number of nitrogens with zero attached hydrogens (tertiary/aromatic N) is 3. The van der Waals surface area contributed by atoms with E-state index in [1.807, 2.05) is 24.3 Å². The standard InChI is InChI=1S/C23H29N7O2/c1-2-10-26-21-20(22(31)29-18-4-3-5-19(15-18)32-14-9-24)16-28-23(30-21)27-13-8-17-6-11-25-12-7-17/h3-7,11-12,15-16H,2,8-10,13-14,24H2,1H3,(H,29,31)(H2,26,27,28,30). The second-order valence-corrected chi connectivity index (χ2v) is 7.03. The van der Waals surface area contributed by atoms with Gasteiger partial charge in [-0.25, -0.2) is 4.98 Å². The number of nitrogens with one attached hydrogen (secondary N) is 3. The molecular weight excluding hydrogens is 406 g/mol. The molecule has 0 spiro atoms. The number of nitrogens with two attached hydrogens (primary N) is 1. The van der Waals surface area contributed by atoms with Crippen LogP contribution in [-0.4, -0.2) is 47.1 Å². The van der Waals surface area contributed by atoms with E-state index in [2.05, 4.69) is 37.8 Å². The first-order valence-corrected chi connectivity index (χ1v) is 10.7. The third-order valence-corrected chi connectivity index (χ3v) is 4.50. The third-order valence-electron chi connectivity index (χ3n) is 4.50. The zero-order chi connectivity index (χ0) is 22.6. The summed E-state index contributed by atoms with van der Waals surface area (Å²) in [7, 11) is 0. The molecule has 0 aliphatic heterocycles. The van der Waals surface area contributed by atoms with Crippen LogP contribution in [0.3, 0.4) is 0 Å². The zero-order valence-corrected chi connectivity index (χ0v) is 18.2. The minimum atomic E-state index is -0.303. The summed E-state index contributed by atoms with van der Waals surface area (Å²) in [6.07, 6.45) is 6.78. The third kappa shape index (κ3) is 6.92. The summed E-state index contributed by atoms with van der Waals surface area (Å²) in [5, 5.41) is 9.31. The number of carbonyl (C=O) groups excluding carboxylic acids is 1. The Morgan fingerprint density at radius 2 is 1.97 bits per heavy atom. The number of hydrogen-bond acceptors (Lipinski definition) is 8. The van der Waals surface area contributed by atoms with Gasteiger partial charge in [-0.3, -0.25) is 9.78 Å². The highest BCUT2D eigenvalue weighted by molar-refractivity contribution is 6.07. The van der Waals surface area contributed by atoms with Gasteiger partial charge in [0.05, 0.1) is 0 Å². The lowest BCUT2D eigenvalue weighted by atomic mass is 10.2. The number of hydrogen-bond donors (Lipinski definition) is 4. The molecule has 0 aliphatic carbocycles. The van der Waals surface area contributed by atoms with E-state index in [1.165, 1.54) is 11.8 Å². The van der Waals surface area contributed by atoms with Crippen molar-refractivity contribution in [1.82, 2.24) is 15.0 Å². The summed E-state index contributed by atoms with van der Waals surface area (Å²) in [5.41, 5.74) is 7.63. The minimum Gasteiger partial charge on any atom is -0.492 e. The molecule has 1 amide bonds. The molecule has 5 N–H and O–H groups in total. The van der Waals surface area contributed by atoms with Crippen LogP contribution in [0.15, 0.2) is 55.0 Å². The molecular formula is C23H29N7O2. The van der Waals surface area contributed by atoms with Crippen molar-refractivity contribution in [3.63, 3.8) is 0 Å². The molecule has 2 heterocycles. The molecule has 0 saturated carbocycles. The van der Waals surface area contributed by atoms with Crippen LogP contribution in [0.2, 0.25) is 0 Å². The van der Waals surface area contributed by atoms with E-state index >= 15 is 0 Å². The average Bonchev–Trinajstić information content (AvgIpc) is 2.82. The van der Waals surface area contributed by atoms with Gasteiger partial charge in [0, 0.05) is 50.0 Å².